The van der Waals surface area contributed by atoms with Gasteiger partial charge in [0, 0.05) is 23.2 Å². The smallest absolute Gasteiger partial charge is 0.496 e. The molecule has 0 unspecified atom stereocenters. The second kappa shape index (κ2) is 1.99. The van der Waals surface area contributed by atoms with E-state index in [4.69, 9.17) is 10.5 Å². The highest BCUT2D eigenvalue weighted by Gasteiger charge is 2.16. The predicted molar refractivity (Wildman–Crippen MR) is 33.3 cm³/mol. The van der Waals surface area contributed by atoms with Crippen molar-refractivity contribution in [1.82, 2.24) is 4.98 Å². The van der Waals surface area contributed by atoms with Crippen LogP contribution in [-0.4, -0.2) is 10.1 Å². The van der Waals surface area contributed by atoms with Gasteiger partial charge in [-0.15, -0.1) is 0 Å². The van der Waals surface area contributed by atoms with Crippen LogP contribution in [0.4, 0.5) is 5.13 Å². The number of aromatic nitrogens is 1. The van der Waals surface area contributed by atoms with Gasteiger partial charge in [0.2, 0.25) is 10.8 Å². The zero-order valence-electron chi connectivity index (χ0n) is 4.70. The van der Waals surface area contributed by atoms with Gasteiger partial charge in [0.25, 0.3) is 0 Å². The fourth-order valence-corrected chi connectivity index (χ4v) is 1.01. The third kappa shape index (κ3) is 0.976. The van der Waals surface area contributed by atoms with Gasteiger partial charge in [-0.2, -0.15) is 0 Å². The second-order valence-electron chi connectivity index (χ2n) is 1.49. The summed E-state index contributed by atoms with van der Waals surface area (Å²) < 4.78 is 0. The monoisotopic (exact) mass is 142 g/mol. The summed E-state index contributed by atoms with van der Waals surface area (Å²) in [6.45, 7) is 1.64. The van der Waals surface area contributed by atoms with Crippen LogP contribution in [0.3, 0.4) is 0 Å². The molecule has 1 heterocycles. The molecule has 1 aromatic heterocycles. The van der Waals surface area contributed by atoms with E-state index in [1.54, 1.807) is 6.92 Å². The molecule has 1 N–H and O–H groups in total. The van der Waals surface area contributed by atoms with E-state index in [0.717, 1.165) is 11.3 Å². The first-order valence-corrected chi connectivity index (χ1v) is 3.07. The first kappa shape index (κ1) is 5.98. The maximum atomic E-state index is 8.86. The largest absolute Gasteiger partial charge is 0.526 e. The summed E-state index contributed by atoms with van der Waals surface area (Å²) in [5.74, 6) is 0. The minimum atomic E-state index is 0.0998. The van der Waals surface area contributed by atoms with Crippen LogP contribution >= 0.6 is 11.3 Å². The molecule has 0 spiro atoms. The lowest BCUT2D eigenvalue weighted by atomic mass is 10.6. The minimum absolute atomic E-state index is 0.0998. The van der Waals surface area contributed by atoms with E-state index in [2.05, 4.69) is 9.96 Å². The Kier molecular flexibility index (Phi) is 1.32. The Balaban J connectivity index is 3.16. The lowest BCUT2D eigenvalue weighted by Gasteiger charge is -1.70. The first-order valence-electron chi connectivity index (χ1n) is 2.25. The highest BCUT2D eigenvalue weighted by molar-refractivity contribution is 7.17. The molecule has 0 aliphatic heterocycles. The highest BCUT2D eigenvalue weighted by Crippen LogP contribution is 2.30. The Morgan fingerprint density at radius 2 is 2.44 bits per heavy atom. The van der Waals surface area contributed by atoms with Crippen LogP contribution in [0.15, 0.2) is 0 Å². The average Bonchev–Trinajstić information content (AvgIpc) is 2.13. The molecule has 0 radical (unpaired) electrons. The summed E-state index contributed by atoms with van der Waals surface area (Å²) in [6, 6.07) is 0. The van der Waals surface area contributed by atoms with Crippen LogP contribution in [0, 0.1) is 12.3 Å². The van der Waals surface area contributed by atoms with Gasteiger partial charge in [-0.3, -0.25) is 0 Å². The van der Waals surface area contributed by atoms with Gasteiger partial charge < -0.3 is 5.11 Å². The standard InChI is InChI=1S/C4H3N3OS/c1-2-3(8)9-4(6-2)7-5/h1H3/p+1. The van der Waals surface area contributed by atoms with Crippen molar-refractivity contribution >= 4 is 16.5 Å². The van der Waals surface area contributed by atoms with Crippen LogP contribution < -0.4 is 0 Å². The molecule has 0 atom stereocenters. The van der Waals surface area contributed by atoms with Gasteiger partial charge >= 0.3 is 5.13 Å². The summed E-state index contributed by atoms with van der Waals surface area (Å²) in [5.41, 5.74) is 0.493. The van der Waals surface area contributed by atoms with Crippen molar-refractivity contribution in [3.63, 3.8) is 0 Å². The molecule has 4 nitrogen and oxygen atoms in total. The number of nitrogens with zero attached hydrogens (tertiary/aromatic N) is 3. The molecule has 0 saturated heterocycles. The fraction of sp³-hybridized carbons (Fsp3) is 0.250. The summed E-state index contributed by atoms with van der Waals surface area (Å²) in [5, 5.41) is 17.3. The molecule has 0 fully saturated rings. The molecule has 1 rings (SSSR count). The van der Waals surface area contributed by atoms with Crippen LogP contribution in [-0.2, 0) is 0 Å². The summed E-state index contributed by atoms with van der Waals surface area (Å²) in [7, 11) is 0. The molecule has 0 amide bonds. The maximum absolute atomic E-state index is 8.86. The molecule has 0 saturated carbocycles. The van der Waals surface area contributed by atoms with Crippen LogP contribution in [0.1, 0.15) is 5.69 Å². The van der Waals surface area contributed by atoms with E-state index in [9.17, 15) is 0 Å². The number of rotatable bonds is 0. The third-order valence-corrected chi connectivity index (χ3v) is 1.69. The van der Waals surface area contributed by atoms with E-state index in [1.165, 1.54) is 0 Å². The summed E-state index contributed by atoms with van der Waals surface area (Å²) >= 11 is 0.942. The highest BCUT2D eigenvalue weighted by atomic mass is 32.1. The fourth-order valence-electron chi connectivity index (χ4n) is 0.417. The molecule has 5 heteroatoms. The van der Waals surface area contributed by atoms with E-state index in [-0.39, 0.29) is 10.2 Å². The lowest BCUT2D eigenvalue weighted by Crippen LogP contribution is -1.65. The zero-order valence-corrected chi connectivity index (χ0v) is 5.51. The number of diazo groups is 1. The van der Waals surface area contributed by atoms with Crippen LogP contribution in [0.25, 0.3) is 4.98 Å². The van der Waals surface area contributed by atoms with Crippen LogP contribution in [0.2, 0.25) is 0 Å². The average molecular weight is 142 g/mol. The number of aromatic hydroxyl groups is 1. The minimum Gasteiger partial charge on any atom is -0.496 e. The van der Waals surface area contributed by atoms with Crippen molar-refractivity contribution < 1.29 is 5.11 Å². The van der Waals surface area contributed by atoms with Gasteiger partial charge in [0.1, 0.15) is 0 Å². The Labute approximate surface area is 55.4 Å². The molecule has 0 aliphatic rings. The van der Waals surface area contributed by atoms with Gasteiger partial charge in [-0.05, 0) is 4.98 Å². The molecule has 1 aromatic rings. The Bertz CT molecular complexity index is 242. The van der Waals surface area contributed by atoms with Crippen molar-refractivity contribution in [3.8, 4) is 5.06 Å². The third-order valence-electron chi connectivity index (χ3n) is 0.846. The predicted octanol–water partition coefficient (Wildman–Crippen LogP) is 1.64. The van der Waals surface area contributed by atoms with Crippen molar-refractivity contribution in [2.45, 2.75) is 6.92 Å². The van der Waals surface area contributed by atoms with Crippen molar-refractivity contribution in [1.29, 1.82) is 5.39 Å². The van der Waals surface area contributed by atoms with E-state index in [0.29, 0.717) is 5.69 Å². The van der Waals surface area contributed by atoms with Crippen molar-refractivity contribution in [2.75, 3.05) is 0 Å². The number of hydrogen-bond acceptors (Lipinski definition) is 4. The Morgan fingerprint density at radius 3 is 2.67 bits per heavy atom. The SMILES string of the molecule is Cc1nc([N+]#N)sc1O. The molecule has 0 aromatic carbocycles. The molecular formula is C4H4N3OS+. The molecule has 46 valence electrons. The van der Waals surface area contributed by atoms with Gasteiger partial charge in [0.05, 0.1) is 5.39 Å². The molecule has 9 heavy (non-hydrogen) atoms. The van der Waals surface area contributed by atoms with Crippen LogP contribution in [0.5, 0.6) is 5.06 Å². The van der Waals surface area contributed by atoms with E-state index < -0.39 is 0 Å². The maximum Gasteiger partial charge on any atom is 0.526 e. The second-order valence-corrected chi connectivity index (χ2v) is 2.44. The Morgan fingerprint density at radius 1 is 1.78 bits per heavy atom. The normalized spacial score (nSPS) is 8.89. The molecule has 0 aliphatic carbocycles. The quantitative estimate of drug-likeness (QED) is 0.560. The van der Waals surface area contributed by atoms with Gasteiger partial charge in [0.15, 0.2) is 0 Å². The molecular weight excluding hydrogens is 138 g/mol. The lowest BCUT2D eigenvalue weighted by molar-refractivity contribution is 0.485. The summed E-state index contributed by atoms with van der Waals surface area (Å²) in [6.07, 6.45) is 0. The molecule has 0 bridgehead atoms. The number of hydrogen-bond donors (Lipinski definition) is 1. The topological polar surface area (TPSA) is 61.3 Å². The van der Waals surface area contributed by atoms with Gasteiger partial charge in [-0.1, -0.05) is 0 Å². The van der Waals surface area contributed by atoms with Gasteiger partial charge in [-0.25, -0.2) is 0 Å². The first-order chi connectivity index (χ1) is 4.24. The van der Waals surface area contributed by atoms with E-state index >= 15 is 0 Å². The zero-order chi connectivity index (χ0) is 6.85. The Hall–Kier alpha value is -1.15. The summed E-state index contributed by atoms with van der Waals surface area (Å²) in [4.78, 5) is 6.48. The number of aryl methyl sites for hydroxylation is 1. The van der Waals surface area contributed by atoms with Crippen molar-refractivity contribution in [3.05, 3.63) is 10.7 Å². The number of thiazole rings is 1. The van der Waals surface area contributed by atoms with Crippen molar-refractivity contribution in [2.24, 2.45) is 0 Å². The van der Waals surface area contributed by atoms with E-state index in [1.807, 2.05) is 0 Å².